The SMILES string of the molecule is CC(C)COCCCN1CCCNC(C(C)(C)C)C1. The van der Waals surface area contributed by atoms with Crippen LogP contribution in [0.1, 0.15) is 47.5 Å². The van der Waals surface area contributed by atoms with E-state index in [2.05, 4.69) is 44.8 Å². The first kappa shape index (κ1) is 16.9. The highest BCUT2D eigenvalue weighted by Gasteiger charge is 2.27. The molecule has 1 rings (SSSR count). The van der Waals surface area contributed by atoms with Gasteiger partial charge in [-0.15, -0.1) is 0 Å². The van der Waals surface area contributed by atoms with Gasteiger partial charge in [-0.2, -0.15) is 0 Å². The molecular weight excluding hydrogens is 236 g/mol. The van der Waals surface area contributed by atoms with Crippen molar-refractivity contribution in [3.8, 4) is 0 Å². The maximum Gasteiger partial charge on any atom is 0.0489 e. The van der Waals surface area contributed by atoms with Crippen molar-refractivity contribution < 1.29 is 4.74 Å². The maximum atomic E-state index is 5.67. The molecule has 0 bridgehead atoms. The monoisotopic (exact) mass is 270 g/mol. The van der Waals surface area contributed by atoms with Crippen LogP contribution in [0.3, 0.4) is 0 Å². The number of hydrogen-bond donors (Lipinski definition) is 1. The average molecular weight is 270 g/mol. The summed E-state index contributed by atoms with van der Waals surface area (Å²) in [4.78, 5) is 2.61. The molecule has 0 aromatic carbocycles. The highest BCUT2D eigenvalue weighted by Crippen LogP contribution is 2.21. The van der Waals surface area contributed by atoms with Gasteiger partial charge in [0.15, 0.2) is 0 Å². The molecule has 3 nitrogen and oxygen atoms in total. The standard InChI is InChI=1S/C16H34N2O/c1-14(2)13-19-11-7-10-18-9-6-8-17-15(12-18)16(3,4)5/h14-15,17H,6-13H2,1-5H3. The van der Waals surface area contributed by atoms with Gasteiger partial charge in [-0.25, -0.2) is 0 Å². The lowest BCUT2D eigenvalue weighted by Crippen LogP contribution is -2.46. The lowest BCUT2D eigenvalue weighted by molar-refractivity contribution is 0.0969. The minimum absolute atomic E-state index is 0.344. The van der Waals surface area contributed by atoms with Crippen molar-refractivity contribution in [2.75, 3.05) is 39.4 Å². The van der Waals surface area contributed by atoms with Crippen LogP contribution in [0.2, 0.25) is 0 Å². The van der Waals surface area contributed by atoms with Gasteiger partial charge in [0.1, 0.15) is 0 Å². The van der Waals surface area contributed by atoms with E-state index in [0.29, 0.717) is 17.4 Å². The lowest BCUT2D eigenvalue weighted by Gasteiger charge is -2.33. The molecule has 19 heavy (non-hydrogen) atoms. The third-order valence-corrected chi connectivity index (χ3v) is 3.74. The van der Waals surface area contributed by atoms with Crippen LogP contribution in [0, 0.1) is 11.3 Å². The summed E-state index contributed by atoms with van der Waals surface area (Å²) >= 11 is 0. The zero-order valence-electron chi connectivity index (χ0n) is 13.7. The highest BCUT2D eigenvalue weighted by molar-refractivity contribution is 4.85. The second kappa shape index (κ2) is 8.23. The Morgan fingerprint density at radius 1 is 1.32 bits per heavy atom. The summed E-state index contributed by atoms with van der Waals surface area (Å²) < 4.78 is 5.67. The van der Waals surface area contributed by atoms with E-state index in [9.17, 15) is 0 Å². The summed E-state index contributed by atoms with van der Waals surface area (Å²) in [5.41, 5.74) is 0.344. The molecule has 1 atom stereocenters. The first-order chi connectivity index (χ1) is 8.89. The maximum absolute atomic E-state index is 5.67. The Morgan fingerprint density at radius 3 is 2.68 bits per heavy atom. The number of rotatable bonds is 6. The van der Waals surface area contributed by atoms with E-state index >= 15 is 0 Å². The Morgan fingerprint density at radius 2 is 2.05 bits per heavy atom. The van der Waals surface area contributed by atoms with Crippen LogP contribution >= 0.6 is 0 Å². The molecule has 1 aliphatic rings. The van der Waals surface area contributed by atoms with Crippen LogP contribution in [0.15, 0.2) is 0 Å². The van der Waals surface area contributed by atoms with E-state index in [1.807, 2.05) is 0 Å². The van der Waals surface area contributed by atoms with Gasteiger partial charge in [0.25, 0.3) is 0 Å². The number of hydrogen-bond acceptors (Lipinski definition) is 3. The molecule has 1 heterocycles. The quantitative estimate of drug-likeness (QED) is 0.751. The van der Waals surface area contributed by atoms with Crippen LogP contribution in [0.25, 0.3) is 0 Å². The van der Waals surface area contributed by atoms with E-state index in [1.54, 1.807) is 0 Å². The third kappa shape index (κ3) is 7.28. The molecule has 0 radical (unpaired) electrons. The number of nitrogens with zero attached hydrogens (tertiary/aromatic N) is 1. The fraction of sp³-hybridized carbons (Fsp3) is 1.00. The van der Waals surface area contributed by atoms with E-state index in [1.165, 1.54) is 26.1 Å². The van der Waals surface area contributed by atoms with Gasteiger partial charge in [0, 0.05) is 32.3 Å². The molecule has 1 fully saturated rings. The first-order valence-corrected chi connectivity index (χ1v) is 7.93. The Hall–Kier alpha value is -0.120. The van der Waals surface area contributed by atoms with Crippen LogP contribution in [0.4, 0.5) is 0 Å². The van der Waals surface area contributed by atoms with Crippen molar-refractivity contribution in [2.45, 2.75) is 53.5 Å². The van der Waals surface area contributed by atoms with Crippen molar-refractivity contribution in [1.29, 1.82) is 0 Å². The Kier molecular flexibility index (Phi) is 7.33. The summed E-state index contributed by atoms with van der Waals surface area (Å²) in [6.45, 7) is 17.9. The molecule has 0 aliphatic carbocycles. The van der Waals surface area contributed by atoms with Crippen molar-refractivity contribution in [3.05, 3.63) is 0 Å². The first-order valence-electron chi connectivity index (χ1n) is 7.93. The summed E-state index contributed by atoms with van der Waals surface area (Å²) in [7, 11) is 0. The van der Waals surface area contributed by atoms with Crippen molar-refractivity contribution >= 4 is 0 Å². The zero-order valence-corrected chi connectivity index (χ0v) is 13.7. The predicted octanol–water partition coefficient (Wildman–Crippen LogP) is 2.76. The highest BCUT2D eigenvalue weighted by atomic mass is 16.5. The largest absolute Gasteiger partial charge is 0.381 e. The normalized spacial score (nSPS) is 22.7. The molecule has 0 amide bonds. The summed E-state index contributed by atoms with van der Waals surface area (Å²) in [6.07, 6.45) is 2.42. The molecule has 1 N–H and O–H groups in total. The van der Waals surface area contributed by atoms with Crippen molar-refractivity contribution in [1.82, 2.24) is 10.2 Å². The second-order valence-electron chi connectivity index (χ2n) is 7.35. The summed E-state index contributed by atoms with van der Waals surface area (Å²) in [5.74, 6) is 0.646. The van der Waals surface area contributed by atoms with E-state index < -0.39 is 0 Å². The molecule has 0 saturated carbocycles. The summed E-state index contributed by atoms with van der Waals surface area (Å²) in [5, 5.41) is 3.70. The Labute approximate surface area is 120 Å². The van der Waals surface area contributed by atoms with Crippen LogP contribution < -0.4 is 5.32 Å². The average Bonchev–Trinajstić information content (AvgIpc) is 2.53. The smallest absolute Gasteiger partial charge is 0.0489 e. The Balaban J connectivity index is 2.24. The molecule has 0 aromatic heterocycles. The van der Waals surface area contributed by atoms with Gasteiger partial charge >= 0.3 is 0 Å². The fourth-order valence-corrected chi connectivity index (χ4v) is 2.49. The number of nitrogens with one attached hydrogen (secondary N) is 1. The second-order valence-corrected chi connectivity index (χ2v) is 7.35. The molecule has 0 spiro atoms. The topological polar surface area (TPSA) is 24.5 Å². The molecular formula is C16H34N2O. The van der Waals surface area contributed by atoms with E-state index in [0.717, 1.165) is 26.2 Å². The van der Waals surface area contributed by atoms with Crippen molar-refractivity contribution in [2.24, 2.45) is 11.3 Å². The van der Waals surface area contributed by atoms with E-state index in [4.69, 9.17) is 4.74 Å². The Bertz CT molecular complexity index is 235. The molecule has 3 heteroatoms. The van der Waals surface area contributed by atoms with Gasteiger partial charge in [-0.3, -0.25) is 0 Å². The lowest BCUT2D eigenvalue weighted by atomic mass is 9.86. The molecule has 114 valence electrons. The predicted molar refractivity (Wildman–Crippen MR) is 82.6 cm³/mol. The van der Waals surface area contributed by atoms with Gasteiger partial charge < -0.3 is 15.0 Å². The minimum atomic E-state index is 0.344. The van der Waals surface area contributed by atoms with Crippen molar-refractivity contribution in [3.63, 3.8) is 0 Å². The molecule has 1 unspecified atom stereocenters. The zero-order chi connectivity index (χ0) is 14.3. The third-order valence-electron chi connectivity index (χ3n) is 3.74. The molecule has 0 aromatic rings. The van der Waals surface area contributed by atoms with Gasteiger partial charge in [-0.05, 0) is 37.3 Å². The van der Waals surface area contributed by atoms with E-state index in [-0.39, 0.29) is 0 Å². The number of ether oxygens (including phenoxy) is 1. The van der Waals surface area contributed by atoms with Crippen LogP contribution in [0.5, 0.6) is 0 Å². The van der Waals surface area contributed by atoms with Gasteiger partial charge in [0.05, 0.1) is 0 Å². The van der Waals surface area contributed by atoms with Crippen LogP contribution in [-0.4, -0.2) is 50.3 Å². The van der Waals surface area contributed by atoms with Gasteiger partial charge in [0.2, 0.25) is 0 Å². The molecule has 1 saturated heterocycles. The minimum Gasteiger partial charge on any atom is -0.381 e. The molecule has 1 aliphatic heterocycles. The van der Waals surface area contributed by atoms with Gasteiger partial charge in [-0.1, -0.05) is 34.6 Å². The summed E-state index contributed by atoms with van der Waals surface area (Å²) in [6, 6.07) is 0.603. The fourth-order valence-electron chi connectivity index (χ4n) is 2.49. The van der Waals surface area contributed by atoms with Crippen LogP contribution in [-0.2, 0) is 4.74 Å².